The van der Waals surface area contributed by atoms with Crippen LogP contribution < -0.4 is 5.32 Å². The van der Waals surface area contributed by atoms with Crippen molar-refractivity contribution in [3.05, 3.63) is 81.6 Å². The Balaban J connectivity index is 1.75. The van der Waals surface area contributed by atoms with Gasteiger partial charge in [0.25, 0.3) is 5.91 Å². The van der Waals surface area contributed by atoms with Crippen LogP contribution in [0.5, 0.6) is 0 Å². The highest BCUT2D eigenvalue weighted by molar-refractivity contribution is 7.15. The fraction of sp³-hybridized carbons (Fsp3) is 0.0588. The minimum atomic E-state index is -2.06. The Kier molecular flexibility index (Phi) is 4.99. The highest BCUT2D eigenvalue weighted by atomic mass is 32.1. The molecule has 0 aliphatic carbocycles. The Bertz CT molecular complexity index is 972. The summed E-state index contributed by atoms with van der Waals surface area (Å²) < 4.78 is 65.9. The van der Waals surface area contributed by atoms with E-state index in [1.165, 1.54) is 18.3 Å². The van der Waals surface area contributed by atoms with Crippen molar-refractivity contribution < 1.29 is 26.7 Å². The number of hydrogen-bond acceptors (Lipinski definition) is 3. The second-order valence-electron chi connectivity index (χ2n) is 5.24. The van der Waals surface area contributed by atoms with E-state index in [0.717, 1.165) is 16.9 Å². The smallest absolute Gasteiger partial charge is 0.260 e. The molecule has 3 aromatic rings. The normalized spacial score (nSPS) is 10.8. The van der Waals surface area contributed by atoms with Gasteiger partial charge in [-0.25, -0.2) is 26.9 Å². The van der Waals surface area contributed by atoms with Crippen LogP contribution in [-0.2, 0) is 6.42 Å². The highest BCUT2D eigenvalue weighted by Crippen LogP contribution is 2.24. The molecule has 2 aromatic carbocycles. The van der Waals surface area contributed by atoms with Crippen molar-refractivity contribution >= 4 is 22.4 Å². The van der Waals surface area contributed by atoms with E-state index >= 15 is 0 Å². The second kappa shape index (κ2) is 7.20. The summed E-state index contributed by atoms with van der Waals surface area (Å²) in [5, 5.41) is 2.27. The van der Waals surface area contributed by atoms with Gasteiger partial charge in [0.2, 0.25) is 0 Å². The van der Waals surface area contributed by atoms with Gasteiger partial charge in [-0.1, -0.05) is 12.1 Å². The van der Waals surface area contributed by atoms with Crippen molar-refractivity contribution in [3.8, 4) is 0 Å². The zero-order chi connectivity index (χ0) is 18.8. The average molecular weight is 384 g/mol. The van der Waals surface area contributed by atoms with Gasteiger partial charge in [-0.05, 0) is 23.8 Å². The maximum atomic E-state index is 13.6. The first kappa shape index (κ1) is 18.0. The lowest BCUT2D eigenvalue weighted by atomic mass is 10.1. The fourth-order valence-corrected chi connectivity index (χ4v) is 2.99. The summed E-state index contributed by atoms with van der Waals surface area (Å²) in [5.41, 5.74) is -0.168. The average Bonchev–Trinajstić information content (AvgIpc) is 3.05. The molecule has 0 fully saturated rings. The van der Waals surface area contributed by atoms with Crippen LogP contribution in [0.4, 0.5) is 27.1 Å². The van der Waals surface area contributed by atoms with E-state index in [2.05, 4.69) is 10.3 Å². The first-order chi connectivity index (χ1) is 12.3. The van der Waals surface area contributed by atoms with Crippen molar-refractivity contribution in [2.45, 2.75) is 6.42 Å². The third kappa shape index (κ3) is 3.72. The molecule has 134 valence electrons. The van der Waals surface area contributed by atoms with E-state index in [-0.39, 0.29) is 17.0 Å². The summed E-state index contributed by atoms with van der Waals surface area (Å²) in [6.45, 7) is 0. The van der Waals surface area contributed by atoms with E-state index < -0.39 is 34.7 Å². The molecule has 1 aromatic heterocycles. The second-order valence-corrected chi connectivity index (χ2v) is 6.35. The Hall–Kier alpha value is -2.81. The van der Waals surface area contributed by atoms with E-state index in [1.807, 2.05) is 0 Å². The van der Waals surface area contributed by atoms with Crippen LogP contribution in [-0.4, -0.2) is 10.9 Å². The first-order valence-electron chi connectivity index (χ1n) is 7.18. The lowest BCUT2D eigenvalue weighted by molar-refractivity contribution is 0.102. The van der Waals surface area contributed by atoms with Gasteiger partial charge in [0, 0.05) is 17.5 Å². The predicted molar refractivity (Wildman–Crippen MR) is 85.5 cm³/mol. The van der Waals surface area contributed by atoms with Gasteiger partial charge in [-0.3, -0.25) is 10.1 Å². The van der Waals surface area contributed by atoms with Crippen LogP contribution in [0.1, 0.15) is 20.8 Å². The van der Waals surface area contributed by atoms with Crippen molar-refractivity contribution in [1.29, 1.82) is 0 Å². The van der Waals surface area contributed by atoms with E-state index in [0.29, 0.717) is 11.3 Å². The van der Waals surface area contributed by atoms with Gasteiger partial charge in [0.05, 0.1) is 5.56 Å². The molecule has 26 heavy (non-hydrogen) atoms. The number of benzene rings is 2. The van der Waals surface area contributed by atoms with Crippen molar-refractivity contribution in [1.82, 2.24) is 4.98 Å². The van der Waals surface area contributed by atoms with Crippen LogP contribution in [0.2, 0.25) is 0 Å². The van der Waals surface area contributed by atoms with Gasteiger partial charge in [0.1, 0.15) is 5.82 Å². The zero-order valence-electron chi connectivity index (χ0n) is 12.8. The molecule has 0 spiro atoms. The van der Waals surface area contributed by atoms with Crippen LogP contribution >= 0.6 is 11.3 Å². The monoisotopic (exact) mass is 384 g/mol. The summed E-state index contributed by atoms with van der Waals surface area (Å²) in [6, 6.07) is 6.06. The molecule has 1 N–H and O–H groups in total. The molecule has 0 atom stereocenters. The van der Waals surface area contributed by atoms with Gasteiger partial charge in [-0.15, -0.1) is 11.3 Å². The number of anilines is 1. The molecule has 3 nitrogen and oxygen atoms in total. The standard InChI is InChI=1S/C17H9F5N2OS/c18-9-3-1-8(2-4-9)5-10-7-23-17(26-10)24-16(25)11-6-12(19)14(21)15(22)13(11)20/h1-4,6-7H,5H2,(H,23,24,25). The summed E-state index contributed by atoms with van der Waals surface area (Å²) in [7, 11) is 0. The number of carbonyl (C=O) groups is 1. The molecule has 0 radical (unpaired) electrons. The highest BCUT2D eigenvalue weighted by Gasteiger charge is 2.23. The quantitative estimate of drug-likeness (QED) is 0.403. The number of carbonyl (C=O) groups excluding carboxylic acids is 1. The number of halogens is 5. The van der Waals surface area contributed by atoms with Gasteiger partial charge in [0.15, 0.2) is 28.4 Å². The first-order valence-corrected chi connectivity index (χ1v) is 8.00. The Morgan fingerprint density at radius 2 is 1.69 bits per heavy atom. The molecular weight excluding hydrogens is 375 g/mol. The van der Waals surface area contributed by atoms with Crippen molar-refractivity contribution in [2.24, 2.45) is 0 Å². The summed E-state index contributed by atoms with van der Waals surface area (Å²) in [6.07, 6.45) is 1.87. The predicted octanol–water partition coefficient (Wildman–Crippen LogP) is 4.68. The lowest BCUT2D eigenvalue weighted by Gasteiger charge is -2.05. The maximum absolute atomic E-state index is 13.6. The van der Waals surface area contributed by atoms with E-state index in [9.17, 15) is 26.7 Å². The molecule has 3 rings (SSSR count). The molecule has 0 aliphatic rings. The van der Waals surface area contributed by atoms with Crippen LogP contribution in [0.25, 0.3) is 0 Å². The molecule has 1 amide bonds. The third-order valence-electron chi connectivity index (χ3n) is 3.41. The number of nitrogens with one attached hydrogen (secondary N) is 1. The summed E-state index contributed by atoms with van der Waals surface area (Å²) in [5.74, 6) is -9.05. The van der Waals surface area contributed by atoms with Crippen molar-refractivity contribution in [2.75, 3.05) is 5.32 Å². The number of rotatable bonds is 4. The SMILES string of the molecule is O=C(Nc1ncc(Cc2ccc(F)cc2)s1)c1cc(F)c(F)c(F)c1F. The number of nitrogens with zero attached hydrogens (tertiary/aromatic N) is 1. The number of hydrogen-bond donors (Lipinski definition) is 1. The maximum Gasteiger partial charge on any atom is 0.260 e. The van der Waals surface area contributed by atoms with E-state index in [4.69, 9.17) is 0 Å². The van der Waals surface area contributed by atoms with E-state index in [1.54, 1.807) is 12.1 Å². The Labute approximate surface area is 148 Å². The number of aromatic nitrogens is 1. The number of thiazole rings is 1. The fourth-order valence-electron chi connectivity index (χ4n) is 2.15. The Morgan fingerprint density at radius 3 is 2.38 bits per heavy atom. The third-order valence-corrected chi connectivity index (χ3v) is 4.33. The summed E-state index contributed by atoms with van der Waals surface area (Å²) in [4.78, 5) is 16.6. The Morgan fingerprint density at radius 1 is 1.00 bits per heavy atom. The molecule has 0 saturated carbocycles. The topological polar surface area (TPSA) is 42.0 Å². The number of amides is 1. The zero-order valence-corrected chi connectivity index (χ0v) is 13.6. The molecule has 0 aliphatic heterocycles. The largest absolute Gasteiger partial charge is 0.298 e. The molecule has 0 unspecified atom stereocenters. The minimum Gasteiger partial charge on any atom is -0.298 e. The van der Waals surface area contributed by atoms with Crippen molar-refractivity contribution in [3.63, 3.8) is 0 Å². The molecule has 9 heteroatoms. The molecule has 0 saturated heterocycles. The van der Waals surface area contributed by atoms with Gasteiger partial charge in [-0.2, -0.15) is 0 Å². The summed E-state index contributed by atoms with van der Waals surface area (Å²) >= 11 is 1.05. The van der Waals surface area contributed by atoms with Crippen LogP contribution in [0.15, 0.2) is 36.5 Å². The molecule has 0 bridgehead atoms. The minimum absolute atomic E-state index is 0.0663. The van der Waals surface area contributed by atoms with Gasteiger partial charge < -0.3 is 0 Å². The lowest BCUT2D eigenvalue weighted by Crippen LogP contribution is -2.16. The van der Waals surface area contributed by atoms with Crippen LogP contribution in [0.3, 0.4) is 0 Å². The molecule has 1 heterocycles. The van der Waals surface area contributed by atoms with Gasteiger partial charge >= 0.3 is 0 Å². The van der Waals surface area contributed by atoms with Crippen LogP contribution in [0, 0.1) is 29.1 Å². The molecular formula is C17H9F5N2OS.